The average molecular weight is 195 g/mol. The number of hydrogen-bond acceptors (Lipinski definition) is 4. The lowest BCUT2D eigenvalue weighted by Gasteiger charge is -2.14. The molecule has 4 heteroatoms. The van der Waals surface area contributed by atoms with E-state index in [9.17, 15) is 5.11 Å². The van der Waals surface area contributed by atoms with E-state index in [-0.39, 0.29) is 12.8 Å². The molecule has 1 aliphatic heterocycles. The van der Waals surface area contributed by atoms with E-state index in [0.29, 0.717) is 11.5 Å². The highest BCUT2D eigenvalue weighted by Gasteiger charge is 2.18. The summed E-state index contributed by atoms with van der Waals surface area (Å²) >= 11 is 0. The molecule has 3 N–H and O–H groups in total. The minimum atomic E-state index is -0.663. The first-order valence-corrected chi connectivity index (χ1v) is 4.51. The Morgan fingerprint density at radius 2 is 2.07 bits per heavy atom. The monoisotopic (exact) mass is 195 g/mol. The van der Waals surface area contributed by atoms with Crippen LogP contribution in [-0.2, 0) is 0 Å². The molecule has 0 bridgehead atoms. The maximum Gasteiger partial charge on any atom is 0.231 e. The van der Waals surface area contributed by atoms with Crippen molar-refractivity contribution in [3.63, 3.8) is 0 Å². The second-order valence-electron chi connectivity index (χ2n) is 3.42. The third kappa shape index (κ3) is 1.54. The lowest BCUT2D eigenvalue weighted by atomic mass is 10.0. The highest BCUT2D eigenvalue weighted by Crippen LogP contribution is 2.34. The maximum atomic E-state index is 9.71. The predicted octanol–water partition coefficient (Wildman–Crippen LogP) is 0.796. The van der Waals surface area contributed by atoms with E-state index >= 15 is 0 Å². The van der Waals surface area contributed by atoms with Crippen LogP contribution in [0.1, 0.15) is 18.6 Å². The molecule has 1 aliphatic rings. The zero-order chi connectivity index (χ0) is 10.1. The fourth-order valence-electron chi connectivity index (χ4n) is 1.40. The number of benzene rings is 1. The molecule has 0 unspecified atom stereocenters. The van der Waals surface area contributed by atoms with Crippen LogP contribution in [0.2, 0.25) is 0 Å². The molecule has 0 amide bonds. The lowest BCUT2D eigenvalue weighted by Crippen LogP contribution is -2.24. The number of fused-ring (bicyclic) bond motifs is 1. The van der Waals surface area contributed by atoms with Crippen LogP contribution in [0, 0.1) is 0 Å². The quantitative estimate of drug-likeness (QED) is 0.732. The summed E-state index contributed by atoms with van der Waals surface area (Å²) in [6, 6.07) is 5.04. The minimum Gasteiger partial charge on any atom is -0.454 e. The topological polar surface area (TPSA) is 64.7 Å². The molecule has 0 spiro atoms. The number of rotatable bonds is 2. The van der Waals surface area contributed by atoms with Crippen LogP contribution in [-0.4, -0.2) is 17.9 Å². The van der Waals surface area contributed by atoms with Crippen LogP contribution in [0.3, 0.4) is 0 Å². The SMILES string of the molecule is C[C@@H](N)[C@@H](O)c1ccc2c(c1)OCO2. The molecular weight excluding hydrogens is 182 g/mol. The first kappa shape index (κ1) is 9.30. The van der Waals surface area contributed by atoms with Crippen molar-refractivity contribution >= 4 is 0 Å². The van der Waals surface area contributed by atoms with E-state index < -0.39 is 6.10 Å². The van der Waals surface area contributed by atoms with Crippen molar-refractivity contribution in [2.75, 3.05) is 6.79 Å². The van der Waals surface area contributed by atoms with E-state index in [1.54, 1.807) is 25.1 Å². The van der Waals surface area contributed by atoms with E-state index in [2.05, 4.69) is 0 Å². The van der Waals surface area contributed by atoms with Crippen LogP contribution in [0.15, 0.2) is 18.2 Å². The molecule has 0 aliphatic carbocycles. The average Bonchev–Trinajstić information content (AvgIpc) is 2.62. The van der Waals surface area contributed by atoms with Gasteiger partial charge in [0.15, 0.2) is 11.5 Å². The molecule has 76 valence electrons. The summed E-state index contributed by atoms with van der Waals surface area (Å²) in [5.74, 6) is 1.38. The molecular formula is C10H13NO3. The van der Waals surface area contributed by atoms with Crippen molar-refractivity contribution in [2.24, 2.45) is 5.73 Å². The number of aliphatic hydroxyl groups excluding tert-OH is 1. The first-order chi connectivity index (χ1) is 6.68. The van der Waals surface area contributed by atoms with Gasteiger partial charge in [0.2, 0.25) is 6.79 Å². The van der Waals surface area contributed by atoms with E-state index in [4.69, 9.17) is 15.2 Å². The molecule has 0 fully saturated rings. The third-order valence-electron chi connectivity index (χ3n) is 2.24. The number of hydrogen-bond donors (Lipinski definition) is 2. The van der Waals surface area contributed by atoms with Crippen molar-refractivity contribution in [1.82, 2.24) is 0 Å². The Hall–Kier alpha value is -1.26. The largest absolute Gasteiger partial charge is 0.454 e. The summed E-state index contributed by atoms with van der Waals surface area (Å²) in [6.07, 6.45) is -0.663. The minimum absolute atomic E-state index is 0.243. The summed E-state index contributed by atoms with van der Waals surface area (Å²) in [5.41, 5.74) is 6.35. The molecule has 0 radical (unpaired) electrons. The first-order valence-electron chi connectivity index (χ1n) is 4.51. The molecule has 2 rings (SSSR count). The van der Waals surface area contributed by atoms with Gasteiger partial charge >= 0.3 is 0 Å². The van der Waals surface area contributed by atoms with E-state index in [1.165, 1.54) is 0 Å². The smallest absolute Gasteiger partial charge is 0.231 e. The predicted molar refractivity (Wildman–Crippen MR) is 51.2 cm³/mol. The summed E-state index contributed by atoms with van der Waals surface area (Å²) in [7, 11) is 0. The van der Waals surface area contributed by atoms with Crippen LogP contribution >= 0.6 is 0 Å². The number of aliphatic hydroxyl groups is 1. The Balaban J connectivity index is 2.28. The van der Waals surface area contributed by atoms with E-state index in [0.717, 1.165) is 5.56 Å². The van der Waals surface area contributed by atoms with Gasteiger partial charge in [-0.15, -0.1) is 0 Å². The zero-order valence-corrected chi connectivity index (χ0v) is 7.93. The maximum absolute atomic E-state index is 9.71. The van der Waals surface area contributed by atoms with Crippen LogP contribution < -0.4 is 15.2 Å². The summed E-state index contributed by atoms with van der Waals surface area (Å²) < 4.78 is 10.4. The Kier molecular flexibility index (Phi) is 2.31. The summed E-state index contributed by atoms with van der Waals surface area (Å²) in [6.45, 7) is 2.00. The second-order valence-corrected chi connectivity index (χ2v) is 3.42. The van der Waals surface area contributed by atoms with Crippen molar-refractivity contribution in [3.8, 4) is 11.5 Å². The molecule has 1 aromatic carbocycles. The number of nitrogens with two attached hydrogens (primary N) is 1. The Morgan fingerprint density at radius 1 is 1.36 bits per heavy atom. The molecule has 0 saturated carbocycles. The lowest BCUT2D eigenvalue weighted by molar-refractivity contribution is 0.152. The summed E-state index contributed by atoms with van der Waals surface area (Å²) in [5, 5.41) is 9.71. The Morgan fingerprint density at radius 3 is 2.79 bits per heavy atom. The molecule has 0 aromatic heterocycles. The molecule has 1 heterocycles. The van der Waals surface area contributed by atoms with Gasteiger partial charge in [-0.05, 0) is 24.6 Å². The van der Waals surface area contributed by atoms with Crippen LogP contribution in [0.5, 0.6) is 11.5 Å². The Labute approximate surface area is 82.2 Å². The number of ether oxygens (including phenoxy) is 2. The van der Waals surface area contributed by atoms with Gasteiger partial charge in [0.05, 0.1) is 6.10 Å². The normalized spacial score (nSPS) is 17.9. The van der Waals surface area contributed by atoms with Crippen LogP contribution in [0.4, 0.5) is 0 Å². The van der Waals surface area contributed by atoms with Gasteiger partial charge < -0.3 is 20.3 Å². The zero-order valence-electron chi connectivity index (χ0n) is 7.93. The Bertz CT molecular complexity index is 338. The van der Waals surface area contributed by atoms with Gasteiger partial charge in [-0.25, -0.2) is 0 Å². The van der Waals surface area contributed by atoms with Crippen LogP contribution in [0.25, 0.3) is 0 Å². The molecule has 0 saturated heterocycles. The molecule has 14 heavy (non-hydrogen) atoms. The van der Waals surface area contributed by atoms with Gasteiger partial charge in [-0.1, -0.05) is 6.07 Å². The highest BCUT2D eigenvalue weighted by atomic mass is 16.7. The highest BCUT2D eigenvalue weighted by molar-refractivity contribution is 5.45. The van der Waals surface area contributed by atoms with Crippen molar-refractivity contribution in [3.05, 3.63) is 23.8 Å². The standard InChI is InChI=1S/C10H13NO3/c1-6(11)10(12)7-2-3-8-9(4-7)14-5-13-8/h2-4,6,10,12H,5,11H2,1H3/t6-,10-/m1/s1. The van der Waals surface area contributed by atoms with E-state index in [1.807, 2.05) is 0 Å². The van der Waals surface area contributed by atoms with Gasteiger partial charge in [0.1, 0.15) is 0 Å². The van der Waals surface area contributed by atoms with Gasteiger partial charge in [0, 0.05) is 6.04 Å². The van der Waals surface area contributed by atoms with Crippen molar-refractivity contribution in [1.29, 1.82) is 0 Å². The van der Waals surface area contributed by atoms with Gasteiger partial charge in [-0.2, -0.15) is 0 Å². The van der Waals surface area contributed by atoms with Gasteiger partial charge in [0.25, 0.3) is 0 Å². The van der Waals surface area contributed by atoms with Crippen molar-refractivity contribution in [2.45, 2.75) is 19.1 Å². The van der Waals surface area contributed by atoms with Crippen molar-refractivity contribution < 1.29 is 14.6 Å². The second kappa shape index (κ2) is 3.48. The fourth-order valence-corrected chi connectivity index (χ4v) is 1.40. The molecule has 2 atom stereocenters. The van der Waals surface area contributed by atoms with Gasteiger partial charge in [-0.3, -0.25) is 0 Å². The third-order valence-corrected chi connectivity index (χ3v) is 2.24. The summed E-state index contributed by atoms with van der Waals surface area (Å²) in [4.78, 5) is 0. The fraction of sp³-hybridized carbons (Fsp3) is 0.400. The molecule has 4 nitrogen and oxygen atoms in total. The molecule has 1 aromatic rings.